The molecule has 1 aliphatic rings. The van der Waals surface area contributed by atoms with Crippen LogP contribution in [0.1, 0.15) is 22.3 Å². The van der Waals surface area contributed by atoms with E-state index in [9.17, 15) is 0 Å². The summed E-state index contributed by atoms with van der Waals surface area (Å²) in [5, 5.41) is 4.72. The van der Waals surface area contributed by atoms with Gasteiger partial charge in [0.1, 0.15) is 11.2 Å². The van der Waals surface area contributed by atoms with Crippen LogP contribution in [0.15, 0.2) is 217 Å². The maximum atomic E-state index is 6.65. The van der Waals surface area contributed by atoms with Crippen molar-refractivity contribution in [2.75, 3.05) is 4.90 Å². The largest absolute Gasteiger partial charge is 0.456 e. The molecule has 9 aromatic carbocycles. The summed E-state index contributed by atoms with van der Waals surface area (Å²) in [6, 6.07) is 77.6. The van der Waals surface area contributed by atoms with E-state index in [1.807, 2.05) is 11.3 Å². The number of nitrogens with zero attached hydrogens (tertiary/aromatic N) is 1. The third-order valence-electron chi connectivity index (χ3n) is 12.1. The number of anilines is 3. The first-order valence-corrected chi connectivity index (χ1v) is 20.6. The molecule has 0 bridgehead atoms. The summed E-state index contributed by atoms with van der Waals surface area (Å²) in [7, 11) is 0. The molecule has 0 unspecified atom stereocenters. The average Bonchev–Trinajstić information content (AvgIpc) is 3.96. The molecule has 0 fully saturated rings. The van der Waals surface area contributed by atoms with Crippen LogP contribution in [0.3, 0.4) is 0 Å². The molecule has 0 N–H and O–H groups in total. The van der Waals surface area contributed by atoms with Crippen LogP contribution in [0.5, 0.6) is 0 Å². The van der Waals surface area contributed by atoms with Gasteiger partial charge in [-0.2, -0.15) is 0 Å². The summed E-state index contributed by atoms with van der Waals surface area (Å²) < 4.78 is 9.23. The second-order valence-electron chi connectivity index (χ2n) is 15.2. The van der Waals surface area contributed by atoms with E-state index in [1.54, 1.807) is 0 Å². The standard InChI is InChI=1S/C55H35NOS/c1-3-15-36(16-4-1)37-29-31-50-46(33-37)54-49(26-14-27-51(54)57-50)56(41-30-32-53-45(35-41)44-23-9-12-28-52(44)58-53)40-20-13-19-39(34-40)55(38-17-5-2-6-18-38)47-24-10-7-21-42(47)43-22-8-11-25-48(43)55/h1-35H. The number of rotatable bonds is 6. The Kier molecular flexibility index (Phi) is 7.35. The molecule has 2 heterocycles. The van der Waals surface area contributed by atoms with Crippen LogP contribution in [0.4, 0.5) is 17.1 Å². The minimum absolute atomic E-state index is 0.525. The van der Waals surface area contributed by atoms with Gasteiger partial charge < -0.3 is 9.32 Å². The number of furan rings is 1. The molecular formula is C55H35NOS. The van der Waals surface area contributed by atoms with Crippen LogP contribution in [0.25, 0.3) is 64.4 Å². The van der Waals surface area contributed by atoms with Gasteiger partial charge in [-0.1, -0.05) is 152 Å². The third-order valence-corrected chi connectivity index (χ3v) is 13.3. The van der Waals surface area contributed by atoms with Gasteiger partial charge in [-0.25, -0.2) is 0 Å². The van der Waals surface area contributed by atoms with Crippen molar-refractivity contribution in [3.63, 3.8) is 0 Å². The lowest BCUT2D eigenvalue weighted by Crippen LogP contribution is -2.28. The molecule has 0 atom stereocenters. The lowest BCUT2D eigenvalue weighted by Gasteiger charge is -2.35. The van der Waals surface area contributed by atoms with E-state index in [4.69, 9.17) is 4.42 Å². The third kappa shape index (κ3) is 4.84. The SMILES string of the molecule is c1ccc(-c2ccc3oc4cccc(N(c5cccc(C6(c7ccccc7)c7ccccc7-c7ccccc76)c5)c5ccc6sc7ccccc7c6c5)c4c3c2)cc1. The Morgan fingerprint density at radius 2 is 1.05 bits per heavy atom. The monoisotopic (exact) mass is 757 g/mol. The zero-order valence-corrected chi connectivity index (χ0v) is 32.3. The summed E-state index contributed by atoms with van der Waals surface area (Å²) in [4.78, 5) is 2.45. The van der Waals surface area contributed by atoms with Gasteiger partial charge in [-0.05, 0) is 105 Å². The summed E-state index contributed by atoms with van der Waals surface area (Å²) in [5.74, 6) is 0. The molecule has 12 rings (SSSR count). The number of benzene rings is 9. The van der Waals surface area contributed by atoms with Gasteiger partial charge in [0.05, 0.1) is 16.5 Å². The molecule has 1 aliphatic carbocycles. The maximum absolute atomic E-state index is 6.65. The van der Waals surface area contributed by atoms with Crippen molar-refractivity contribution in [1.82, 2.24) is 0 Å². The molecular weight excluding hydrogens is 723 g/mol. The van der Waals surface area contributed by atoms with E-state index >= 15 is 0 Å². The van der Waals surface area contributed by atoms with E-state index in [0.29, 0.717) is 0 Å². The Labute approximate surface area is 340 Å². The van der Waals surface area contributed by atoms with Crippen molar-refractivity contribution in [3.8, 4) is 22.3 Å². The number of hydrogen-bond acceptors (Lipinski definition) is 3. The van der Waals surface area contributed by atoms with Crippen LogP contribution in [-0.2, 0) is 5.41 Å². The highest BCUT2D eigenvalue weighted by atomic mass is 32.1. The van der Waals surface area contributed by atoms with E-state index in [-0.39, 0.29) is 0 Å². The van der Waals surface area contributed by atoms with Crippen LogP contribution in [0, 0.1) is 0 Å². The summed E-state index contributed by atoms with van der Waals surface area (Å²) in [6.45, 7) is 0. The predicted molar refractivity (Wildman–Crippen MR) is 244 cm³/mol. The molecule has 0 saturated heterocycles. The fourth-order valence-electron chi connectivity index (χ4n) is 9.68. The minimum atomic E-state index is -0.525. The van der Waals surface area contributed by atoms with Crippen molar-refractivity contribution in [3.05, 3.63) is 235 Å². The van der Waals surface area contributed by atoms with Crippen LogP contribution < -0.4 is 4.90 Å². The second kappa shape index (κ2) is 12.9. The highest BCUT2D eigenvalue weighted by molar-refractivity contribution is 7.25. The summed E-state index contributed by atoms with van der Waals surface area (Å²) >= 11 is 1.85. The topological polar surface area (TPSA) is 16.4 Å². The number of hydrogen-bond donors (Lipinski definition) is 0. The van der Waals surface area contributed by atoms with Gasteiger partial charge in [-0.15, -0.1) is 11.3 Å². The molecule has 0 spiro atoms. The van der Waals surface area contributed by atoms with Gasteiger partial charge in [0.15, 0.2) is 0 Å². The molecule has 2 nitrogen and oxygen atoms in total. The maximum Gasteiger partial charge on any atom is 0.137 e. The molecule has 272 valence electrons. The van der Waals surface area contributed by atoms with Crippen molar-refractivity contribution < 1.29 is 4.42 Å². The normalized spacial score (nSPS) is 13.0. The molecule has 0 amide bonds. The number of thiophene rings is 1. The number of fused-ring (bicyclic) bond motifs is 9. The first-order valence-electron chi connectivity index (χ1n) is 19.8. The fourth-order valence-corrected chi connectivity index (χ4v) is 10.8. The van der Waals surface area contributed by atoms with E-state index in [2.05, 4.69) is 217 Å². The lowest BCUT2D eigenvalue weighted by atomic mass is 9.67. The molecule has 11 aromatic rings. The predicted octanol–water partition coefficient (Wildman–Crippen LogP) is 15.5. The van der Waals surface area contributed by atoms with Crippen LogP contribution in [-0.4, -0.2) is 0 Å². The van der Waals surface area contributed by atoms with Gasteiger partial charge in [-0.3, -0.25) is 0 Å². The summed E-state index contributed by atoms with van der Waals surface area (Å²) in [5.41, 5.74) is 14.4. The zero-order valence-electron chi connectivity index (χ0n) is 31.5. The first-order chi connectivity index (χ1) is 28.8. The van der Waals surface area contributed by atoms with E-state index in [1.165, 1.54) is 59.1 Å². The van der Waals surface area contributed by atoms with Gasteiger partial charge >= 0.3 is 0 Å². The van der Waals surface area contributed by atoms with Crippen molar-refractivity contribution in [2.45, 2.75) is 5.41 Å². The highest BCUT2D eigenvalue weighted by Gasteiger charge is 2.46. The zero-order chi connectivity index (χ0) is 38.2. The molecule has 3 heteroatoms. The summed E-state index contributed by atoms with van der Waals surface area (Å²) in [6.07, 6.45) is 0. The van der Waals surface area contributed by atoms with Gasteiger partial charge in [0.25, 0.3) is 0 Å². The smallest absolute Gasteiger partial charge is 0.137 e. The average molecular weight is 758 g/mol. The highest BCUT2D eigenvalue weighted by Crippen LogP contribution is 2.57. The molecule has 0 radical (unpaired) electrons. The van der Waals surface area contributed by atoms with Gasteiger partial charge in [0, 0.05) is 36.9 Å². The quantitative estimate of drug-likeness (QED) is 0.168. The van der Waals surface area contributed by atoms with E-state index in [0.717, 1.165) is 44.6 Å². The second-order valence-corrected chi connectivity index (χ2v) is 16.3. The Hall–Kier alpha value is -7.20. The van der Waals surface area contributed by atoms with Crippen molar-refractivity contribution in [2.24, 2.45) is 0 Å². The van der Waals surface area contributed by atoms with Gasteiger partial charge in [0.2, 0.25) is 0 Å². The Morgan fingerprint density at radius 3 is 1.86 bits per heavy atom. The fraction of sp³-hybridized carbons (Fsp3) is 0.0182. The van der Waals surface area contributed by atoms with Crippen LogP contribution in [0.2, 0.25) is 0 Å². The van der Waals surface area contributed by atoms with Crippen molar-refractivity contribution >= 4 is 70.5 Å². The first kappa shape index (κ1) is 33.0. The molecule has 0 aliphatic heterocycles. The van der Waals surface area contributed by atoms with Crippen LogP contribution >= 0.6 is 11.3 Å². The molecule has 58 heavy (non-hydrogen) atoms. The van der Waals surface area contributed by atoms with Crippen molar-refractivity contribution in [1.29, 1.82) is 0 Å². The van der Waals surface area contributed by atoms with E-state index < -0.39 is 5.41 Å². The Morgan fingerprint density at radius 1 is 0.397 bits per heavy atom. The molecule has 2 aromatic heterocycles. The Balaban J connectivity index is 1.15. The minimum Gasteiger partial charge on any atom is -0.456 e. The molecule has 0 saturated carbocycles. The lowest BCUT2D eigenvalue weighted by molar-refractivity contribution is 0.669. The Bertz CT molecular complexity index is 3310.